The summed E-state index contributed by atoms with van der Waals surface area (Å²) < 4.78 is 38.3. The maximum absolute atomic E-state index is 12.8. The molecule has 1 aromatic heterocycles. The quantitative estimate of drug-likeness (QED) is 0.900. The van der Waals surface area contributed by atoms with E-state index >= 15 is 0 Å². The van der Waals surface area contributed by atoms with Crippen molar-refractivity contribution in [1.82, 2.24) is 4.98 Å². The van der Waals surface area contributed by atoms with Crippen LogP contribution in [0.1, 0.15) is 26.3 Å². The Morgan fingerprint density at radius 1 is 1.33 bits per heavy atom. The zero-order valence-corrected chi connectivity index (χ0v) is 11.0. The minimum atomic E-state index is -4.36. The van der Waals surface area contributed by atoms with Gasteiger partial charge in [-0.3, -0.25) is 0 Å². The first-order valence-corrected chi connectivity index (χ1v) is 5.83. The molecular formula is C12H18F3N3. The number of nitrogens with zero attached hydrogens (tertiary/aromatic N) is 2. The number of aromatic nitrogens is 1. The molecule has 0 amide bonds. The Kier molecular flexibility index (Phi) is 4.43. The fourth-order valence-electron chi connectivity index (χ4n) is 1.75. The Morgan fingerprint density at radius 2 is 1.94 bits per heavy atom. The lowest BCUT2D eigenvalue weighted by Gasteiger charge is -2.27. The summed E-state index contributed by atoms with van der Waals surface area (Å²) in [4.78, 5) is 5.99. The van der Waals surface area contributed by atoms with Crippen molar-refractivity contribution in [1.29, 1.82) is 0 Å². The predicted octanol–water partition coefficient (Wildman–Crippen LogP) is 3.38. The van der Waals surface area contributed by atoms with Crippen LogP contribution in [0.4, 0.5) is 24.8 Å². The Balaban J connectivity index is 3.27. The first-order valence-electron chi connectivity index (χ1n) is 5.83. The van der Waals surface area contributed by atoms with Gasteiger partial charge in [0.15, 0.2) is 0 Å². The second kappa shape index (κ2) is 5.46. The lowest BCUT2D eigenvalue weighted by molar-refractivity contribution is -0.137. The zero-order valence-electron chi connectivity index (χ0n) is 11.0. The Hall–Kier alpha value is -1.46. The molecule has 0 aliphatic heterocycles. The van der Waals surface area contributed by atoms with Gasteiger partial charge in [-0.2, -0.15) is 13.2 Å². The van der Waals surface area contributed by atoms with E-state index in [0.29, 0.717) is 12.4 Å². The van der Waals surface area contributed by atoms with E-state index in [-0.39, 0.29) is 11.9 Å². The Morgan fingerprint density at radius 3 is 2.33 bits per heavy atom. The van der Waals surface area contributed by atoms with E-state index in [0.717, 1.165) is 12.1 Å². The van der Waals surface area contributed by atoms with E-state index in [1.54, 1.807) is 7.05 Å². The summed E-state index contributed by atoms with van der Waals surface area (Å²) >= 11 is 0. The highest BCUT2D eigenvalue weighted by Crippen LogP contribution is 2.33. The topological polar surface area (TPSA) is 28.2 Å². The normalized spacial score (nSPS) is 11.8. The molecule has 0 atom stereocenters. The van der Waals surface area contributed by atoms with Crippen LogP contribution >= 0.6 is 0 Å². The standard InChI is InChI=1S/C12H18F3N3/c1-5-18(8(2)3)11-7-9(12(13,14)15)6-10(16-4)17-11/h6-8H,5H2,1-4H3,(H,16,17). The van der Waals surface area contributed by atoms with Crippen LogP contribution in [0.25, 0.3) is 0 Å². The highest BCUT2D eigenvalue weighted by Gasteiger charge is 2.32. The highest BCUT2D eigenvalue weighted by molar-refractivity contribution is 5.51. The van der Waals surface area contributed by atoms with Gasteiger partial charge in [0.05, 0.1) is 5.56 Å². The van der Waals surface area contributed by atoms with Crippen molar-refractivity contribution < 1.29 is 13.2 Å². The van der Waals surface area contributed by atoms with Crippen molar-refractivity contribution >= 4 is 11.6 Å². The monoisotopic (exact) mass is 261 g/mol. The summed E-state index contributed by atoms with van der Waals surface area (Å²) in [5.74, 6) is 0.561. The molecule has 1 heterocycles. The molecule has 0 spiro atoms. The molecule has 1 N–H and O–H groups in total. The predicted molar refractivity (Wildman–Crippen MR) is 66.9 cm³/mol. The molecule has 0 aliphatic rings. The summed E-state index contributed by atoms with van der Waals surface area (Å²) in [6.45, 7) is 6.34. The van der Waals surface area contributed by atoms with Gasteiger partial charge >= 0.3 is 6.18 Å². The number of anilines is 2. The number of alkyl halides is 3. The van der Waals surface area contributed by atoms with Gasteiger partial charge in [-0.1, -0.05) is 0 Å². The average Bonchev–Trinajstić information content (AvgIpc) is 2.27. The summed E-state index contributed by atoms with van der Waals surface area (Å²) in [6.07, 6.45) is -4.36. The highest BCUT2D eigenvalue weighted by atomic mass is 19.4. The van der Waals surface area contributed by atoms with Crippen molar-refractivity contribution in [3.63, 3.8) is 0 Å². The zero-order chi connectivity index (χ0) is 13.9. The molecular weight excluding hydrogens is 243 g/mol. The molecule has 0 aromatic carbocycles. The lowest BCUT2D eigenvalue weighted by atomic mass is 10.2. The van der Waals surface area contributed by atoms with Gasteiger partial charge in [0.25, 0.3) is 0 Å². The van der Waals surface area contributed by atoms with Crippen LogP contribution in [-0.4, -0.2) is 24.6 Å². The molecule has 6 heteroatoms. The summed E-state index contributed by atoms with van der Waals surface area (Å²) in [5, 5.41) is 2.66. The maximum atomic E-state index is 12.8. The molecule has 0 bridgehead atoms. The Bertz CT molecular complexity index is 402. The molecule has 0 aliphatic carbocycles. The SMILES string of the molecule is CCN(c1cc(C(F)(F)F)cc(NC)n1)C(C)C. The smallest absolute Gasteiger partial charge is 0.373 e. The summed E-state index contributed by atoms with van der Waals surface area (Å²) in [7, 11) is 1.55. The minimum absolute atomic E-state index is 0.0932. The van der Waals surface area contributed by atoms with Gasteiger partial charge in [-0.25, -0.2) is 4.98 Å². The molecule has 0 fully saturated rings. The number of rotatable bonds is 4. The van der Waals surface area contributed by atoms with Crippen LogP contribution in [0.5, 0.6) is 0 Å². The number of hydrogen-bond acceptors (Lipinski definition) is 3. The van der Waals surface area contributed by atoms with E-state index in [2.05, 4.69) is 10.3 Å². The van der Waals surface area contributed by atoms with Crippen LogP contribution in [0, 0.1) is 0 Å². The molecule has 0 unspecified atom stereocenters. The van der Waals surface area contributed by atoms with Crippen molar-refractivity contribution in [2.75, 3.05) is 23.8 Å². The van der Waals surface area contributed by atoms with Crippen LogP contribution in [0.3, 0.4) is 0 Å². The number of halogens is 3. The third kappa shape index (κ3) is 3.27. The molecule has 1 rings (SSSR count). The molecule has 0 saturated heterocycles. The van der Waals surface area contributed by atoms with Crippen molar-refractivity contribution in [2.45, 2.75) is 33.0 Å². The van der Waals surface area contributed by atoms with Crippen LogP contribution in [-0.2, 0) is 6.18 Å². The first-order chi connectivity index (χ1) is 8.29. The minimum Gasteiger partial charge on any atom is -0.373 e. The van der Waals surface area contributed by atoms with E-state index in [1.807, 2.05) is 25.7 Å². The first kappa shape index (κ1) is 14.6. The van der Waals surface area contributed by atoms with Gasteiger partial charge < -0.3 is 10.2 Å². The molecule has 102 valence electrons. The maximum Gasteiger partial charge on any atom is 0.416 e. The van der Waals surface area contributed by atoms with Gasteiger partial charge in [0.1, 0.15) is 11.6 Å². The van der Waals surface area contributed by atoms with Gasteiger partial charge in [-0.05, 0) is 32.9 Å². The van der Waals surface area contributed by atoms with Crippen LogP contribution in [0.15, 0.2) is 12.1 Å². The molecule has 0 radical (unpaired) electrons. The van der Waals surface area contributed by atoms with Crippen molar-refractivity contribution in [3.8, 4) is 0 Å². The second-order valence-corrected chi connectivity index (χ2v) is 4.23. The fourth-order valence-corrected chi connectivity index (χ4v) is 1.75. The van der Waals surface area contributed by atoms with E-state index in [4.69, 9.17) is 0 Å². The Labute approximate surface area is 105 Å². The van der Waals surface area contributed by atoms with E-state index in [9.17, 15) is 13.2 Å². The second-order valence-electron chi connectivity index (χ2n) is 4.23. The van der Waals surface area contributed by atoms with Gasteiger partial charge in [-0.15, -0.1) is 0 Å². The summed E-state index contributed by atoms with van der Waals surface area (Å²) in [5.41, 5.74) is -0.684. The average molecular weight is 261 g/mol. The van der Waals surface area contributed by atoms with Crippen molar-refractivity contribution in [3.05, 3.63) is 17.7 Å². The van der Waals surface area contributed by atoms with Crippen LogP contribution in [0.2, 0.25) is 0 Å². The third-order valence-electron chi connectivity index (χ3n) is 2.65. The van der Waals surface area contributed by atoms with Crippen LogP contribution < -0.4 is 10.2 Å². The van der Waals surface area contributed by atoms with E-state index in [1.165, 1.54) is 0 Å². The third-order valence-corrected chi connectivity index (χ3v) is 2.65. The van der Waals surface area contributed by atoms with Crippen molar-refractivity contribution in [2.24, 2.45) is 0 Å². The number of nitrogens with one attached hydrogen (secondary N) is 1. The number of hydrogen-bond donors (Lipinski definition) is 1. The summed E-state index contributed by atoms with van der Waals surface area (Å²) in [6, 6.07) is 2.19. The molecule has 0 saturated carbocycles. The number of pyridine rings is 1. The largest absolute Gasteiger partial charge is 0.416 e. The fraction of sp³-hybridized carbons (Fsp3) is 0.583. The molecule has 1 aromatic rings. The van der Waals surface area contributed by atoms with E-state index < -0.39 is 11.7 Å². The molecule has 18 heavy (non-hydrogen) atoms. The van der Waals surface area contributed by atoms with Gasteiger partial charge in [0.2, 0.25) is 0 Å². The van der Waals surface area contributed by atoms with Gasteiger partial charge in [0, 0.05) is 19.6 Å². The molecule has 3 nitrogen and oxygen atoms in total. The lowest BCUT2D eigenvalue weighted by Crippen LogP contribution is -2.31.